The van der Waals surface area contributed by atoms with Gasteiger partial charge < -0.3 is 30.4 Å². The SMILES string of the molecule is CC(C)CN(C[C@@H](O)[C@H](Cc1ccccc1)OC(=O)N[C@H]1CO[C@H]2OCC[C@H]21)S(=O)(=O)c1ccc(N)cc1. The number of ether oxygens (including phenoxy) is 3. The molecule has 2 aromatic rings. The lowest BCUT2D eigenvalue weighted by molar-refractivity contribution is -0.0905. The number of fused-ring (bicyclic) bond motifs is 1. The van der Waals surface area contributed by atoms with E-state index in [1.54, 1.807) is 0 Å². The van der Waals surface area contributed by atoms with E-state index >= 15 is 0 Å². The van der Waals surface area contributed by atoms with Gasteiger partial charge in [-0.15, -0.1) is 0 Å². The lowest BCUT2D eigenvalue weighted by Crippen LogP contribution is -2.48. The fraction of sp³-hybridized carbons (Fsp3) is 0.519. The van der Waals surface area contributed by atoms with E-state index in [4.69, 9.17) is 19.9 Å². The summed E-state index contributed by atoms with van der Waals surface area (Å²) < 4.78 is 45.0. The Morgan fingerprint density at radius 1 is 1.13 bits per heavy atom. The molecule has 38 heavy (non-hydrogen) atoms. The van der Waals surface area contributed by atoms with Crippen LogP contribution in [0.3, 0.4) is 0 Å². The molecule has 2 aromatic carbocycles. The number of nitrogens with zero attached hydrogens (tertiary/aromatic N) is 1. The van der Waals surface area contributed by atoms with Crippen LogP contribution < -0.4 is 11.1 Å². The number of hydrogen-bond acceptors (Lipinski definition) is 8. The third-order valence-electron chi connectivity index (χ3n) is 6.79. The van der Waals surface area contributed by atoms with Crippen LogP contribution in [0.4, 0.5) is 10.5 Å². The first-order valence-corrected chi connectivity index (χ1v) is 14.4. The van der Waals surface area contributed by atoms with E-state index in [2.05, 4.69) is 5.32 Å². The minimum atomic E-state index is -3.94. The molecule has 0 aromatic heterocycles. The van der Waals surface area contributed by atoms with Gasteiger partial charge in [0.15, 0.2) is 6.29 Å². The van der Waals surface area contributed by atoms with Gasteiger partial charge in [0.25, 0.3) is 0 Å². The fourth-order valence-corrected chi connectivity index (χ4v) is 6.45. The van der Waals surface area contributed by atoms with E-state index in [1.807, 2.05) is 44.2 Å². The van der Waals surface area contributed by atoms with E-state index in [0.717, 1.165) is 12.0 Å². The van der Waals surface area contributed by atoms with E-state index in [0.29, 0.717) is 18.9 Å². The van der Waals surface area contributed by atoms with Crippen molar-refractivity contribution < 1.29 is 32.5 Å². The molecule has 2 aliphatic rings. The normalized spacial score (nSPS) is 22.8. The lowest BCUT2D eigenvalue weighted by Gasteiger charge is -2.30. The average Bonchev–Trinajstić information content (AvgIpc) is 3.49. The number of carbonyl (C=O) groups excluding carboxylic acids is 1. The fourth-order valence-electron chi connectivity index (χ4n) is 4.83. The molecule has 5 atom stereocenters. The van der Waals surface area contributed by atoms with Crippen molar-refractivity contribution in [3.05, 3.63) is 60.2 Å². The van der Waals surface area contributed by atoms with Gasteiger partial charge in [0.1, 0.15) is 12.2 Å². The van der Waals surface area contributed by atoms with Crippen molar-refractivity contribution in [1.82, 2.24) is 9.62 Å². The first kappa shape index (κ1) is 28.3. The Balaban J connectivity index is 1.51. The number of carbonyl (C=O) groups is 1. The highest BCUT2D eigenvalue weighted by Gasteiger charge is 2.43. The summed E-state index contributed by atoms with van der Waals surface area (Å²) in [6.45, 7) is 4.61. The molecule has 0 spiro atoms. The number of nitrogens with two attached hydrogens (primary N) is 1. The van der Waals surface area contributed by atoms with Gasteiger partial charge in [-0.1, -0.05) is 44.2 Å². The summed E-state index contributed by atoms with van der Waals surface area (Å²) in [6, 6.07) is 15.0. The molecule has 0 bridgehead atoms. The standard InChI is InChI=1S/C27H37N3O7S/c1-18(2)15-30(38(33,34)21-10-8-20(28)9-11-21)16-24(31)25(14-19-6-4-3-5-7-19)37-27(32)29-23-17-36-26-22(23)12-13-35-26/h3-11,18,22-26,31H,12-17,28H2,1-2H3,(H,29,32)/t22-,23-,24+,25-,26+/m0/s1. The molecule has 2 heterocycles. The number of aliphatic hydroxyl groups excluding tert-OH is 1. The molecule has 0 radical (unpaired) electrons. The van der Waals surface area contributed by atoms with Crippen LogP contribution in [0.5, 0.6) is 0 Å². The zero-order valence-corrected chi connectivity index (χ0v) is 22.5. The topological polar surface area (TPSA) is 140 Å². The van der Waals surface area contributed by atoms with E-state index in [-0.39, 0.29) is 48.6 Å². The quantitative estimate of drug-likeness (QED) is 0.364. The van der Waals surface area contributed by atoms with Gasteiger partial charge in [-0.2, -0.15) is 4.31 Å². The van der Waals surface area contributed by atoms with Crippen LogP contribution in [0.25, 0.3) is 0 Å². The maximum atomic E-state index is 13.5. The average molecular weight is 548 g/mol. The van der Waals surface area contributed by atoms with Crippen molar-refractivity contribution in [1.29, 1.82) is 0 Å². The summed E-state index contributed by atoms with van der Waals surface area (Å²) in [6.07, 6.45) is -2.31. The van der Waals surface area contributed by atoms with Crippen molar-refractivity contribution in [2.75, 3.05) is 32.0 Å². The van der Waals surface area contributed by atoms with Crippen LogP contribution in [0.1, 0.15) is 25.8 Å². The molecule has 0 aliphatic carbocycles. The summed E-state index contributed by atoms with van der Waals surface area (Å²) >= 11 is 0. The van der Waals surface area contributed by atoms with Gasteiger partial charge in [0.05, 0.1) is 24.2 Å². The number of rotatable bonds is 11. The largest absolute Gasteiger partial charge is 0.443 e. The van der Waals surface area contributed by atoms with Crippen LogP contribution in [-0.4, -0.2) is 74.8 Å². The Kier molecular flexibility index (Phi) is 9.27. The predicted molar refractivity (Wildman–Crippen MR) is 142 cm³/mol. The molecular formula is C27H37N3O7S. The van der Waals surface area contributed by atoms with Crippen LogP contribution in [0.15, 0.2) is 59.5 Å². The van der Waals surface area contributed by atoms with Crippen molar-refractivity contribution in [2.45, 2.75) is 56.1 Å². The number of anilines is 1. The first-order valence-electron chi connectivity index (χ1n) is 12.9. The number of aliphatic hydroxyl groups is 1. The van der Waals surface area contributed by atoms with Crippen molar-refractivity contribution in [3.8, 4) is 0 Å². The van der Waals surface area contributed by atoms with Crippen LogP contribution in [0.2, 0.25) is 0 Å². The van der Waals surface area contributed by atoms with Gasteiger partial charge in [0.2, 0.25) is 10.0 Å². The molecule has 208 valence electrons. The zero-order valence-electron chi connectivity index (χ0n) is 21.7. The molecule has 1 amide bonds. The highest BCUT2D eigenvalue weighted by Crippen LogP contribution is 2.31. The van der Waals surface area contributed by atoms with Crippen LogP contribution in [0, 0.1) is 11.8 Å². The van der Waals surface area contributed by atoms with E-state index in [9.17, 15) is 18.3 Å². The molecule has 0 saturated carbocycles. The molecule has 4 N–H and O–H groups in total. The number of benzene rings is 2. The number of sulfonamides is 1. The molecule has 2 fully saturated rings. The molecular weight excluding hydrogens is 510 g/mol. The lowest BCUT2D eigenvalue weighted by atomic mass is 10.0. The second-order valence-electron chi connectivity index (χ2n) is 10.3. The second kappa shape index (κ2) is 12.4. The van der Waals surface area contributed by atoms with E-state index < -0.39 is 28.3 Å². The highest BCUT2D eigenvalue weighted by atomic mass is 32.2. The third-order valence-corrected chi connectivity index (χ3v) is 8.63. The number of nitrogens with one attached hydrogen (secondary N) is 1. The van der Waals surface area contributed by atoms with Crippen molar-refractivity contribution in [2.24, 2.45) is 11.8 Å². The molecule has 10 nitrogen and oxygen atoms in total. The minimum absolute atomic E-state index is 0.00788. The van der Waals surface area contributed by atoms with Crippen molar-refractivity contribution in [3.63, 3.8) is 0 Å². The molecule has 11 heteroatoms. The van der Waals surface area contributed by atoms with Crippen LogP contribution >= 0.6 is 0 Å². The Morgan fingerprint density at radius 2 is 1.84 bits per heavy atom. The minimum Gasteiger partial charge on any atom is -0.443 e. The number of alkyl carbamates (subject to hydrolysis) is 1. The third kappa shape index (κ3) is 7.03. The maximum absolute atomic E-state index is 13.5. The molecule has 2 saturated heterocycles. The van der Waals surface area contributed by atoms with Gasteiger partial charge >= 0.3 is 6.09 Å². The maximum Gasteiger partial charge on any atom is 0.407 e. The predicted octanol–water partition coefficient (Wildman–Crippen LogP) is 2.38. The Hall–Kier alpha value is -2.70. The zero-order chi connectivity index (χ0) is 27.3. The summed E-state index contributed by atoms with van der Waals surface area (Å²) in [5, 5.41) is 14.1. The van der Waals surface area contributed by atoms with Crippen LogP contribution in [-0.2, 0) is 30.7 Å². The van der Waals surface area contributed by atoms with Gasteiger partial charge in [-0.05, 0) is 42.2 Å². The molecule has 4 rings (SSSR count). The number of hydrogen-bond donors (Lipinski definition) is 3. The molecule has 0 unspecified atom stereocenters. The monoisotopic (exact) mass is 547 g/mol. The number of nitrogen functional groups attached to an aromatic ring is 1. The first-order chi connectivity index (χ1) is 18.1. The highest BCUT2D eigenvalue weighted by molar-refractivity contribution is 7.89. The van der Waals surface area contributed by atoms with Gasteiger partial charge in [-0.3, -0.25) is 0 Å². The van der Waals surface area contributed by atoms with E-state index in [1.165, 1.54) is 28.6 Å². The van der Waals surface area contributed by atoms with Gasteiger partial charge in [-0.25, -0.2) is 13.2 Å². The summed E-state index contributed by atoms with van der Waals surface area (Å²) in [5.74, 6) is 0.0399. The molecule has 2 aliphatic heterocycles. The Bertz CT molecular complexity index is 1160. The number of amides is 1. The Morgan fingerprint density at radius 3 is 2.53 bits per heavy atom. The van der Waals surface area contributed by atoms with Gasteiger partial charge in [0, 0.05) is 31.1 Å². The summed E-state index contributed by atoms with van der Waals surface area (Å²) in [5.41, 5.74) is 7.03. The summed E-state index contributed by atoms with van der Waals surface area (Å²) in [4.78, 5) is 13.0. The van der Waals surface area contributed by atoms with Crippen molar-refractivity contribution >= 4 is 21.8 Å². The Labute approximate surface area is 224 Å². The smallest absolute Gasteiger partial charge is 0.407 e. The summed E-state index contributed by atoms with van der Waals surface area (Å²) in [7, 11) is -3.94. The second-order valence-corrected chi connectivity index (χ2v) is 12.2.